The lowest BCUT2D eigenvalue weighted by Gasteiger charge is -2.20. The van der Waals surface area contributed by atoms with Crippen LogP contribution >= 0.6 is 0 Å². The molecule has 18 heavy (non-hydrogen) atoms. The van der Waals surface area contributed by atoms with Crippen molar-refractivity contribution in [1.29, 1.82) is 0 Å². The fourth-order valence-corrected chi connectivity index (χ4v) is 1.30. The Labute approximate surface area is 107 Å². The Kier molecular flexibility index (Phi) is 5.03. The molecule has 0 radical (unpaired) electrons. The number of carbonyl (C=O) groups excluding carboxylic acids is 1. The highest BCUT2D eigenvalue weighted by Gasteiger charge is 2.16. The van der Waals surface area contributed by atoms with Crippen molar-refractivity contribution in [3.63, 3.8) is 0 Å². The molecule has 1 amide bonds. The number of carbonyl (C=O) groups is 1. The molecule has 0 fully saturated rings. The van der Waals surface area contributed by atoms with Crippen LogP contribution in [0.1, 0.15) is 26.5 Å². The second-order valence-corrected chi connectivity index (χ2v) is 5.04. The van der Waals surface area contributed by atoms with Crippen molar-refractivity contribution in [2.75, 3.05) is 6.54 Å². The highest BCUT2D eigenvalue weighted by Crippen LogP contribution is 2.06. The average molecular weight is 252 g/mol. The Hall–Kier alpha value is -1.69. The van der Waals surface area contributed by atoms with Crippen LogP contribution < -0.4 is 11.1 Å². The first-order valence-corrected chi connectivity index (χ1v) is 5.84. The van der Waals surface area contributed by atoms with E-state index in [0.717, 1.165) is 5.69 Å². The molecule has 0 bridgehead atoms. The van der Waals surface area contributed by atoms with Crippen molar-refractivity contribution >= 4 is 6.09 Å². The number of nitrogens with two attached hydrogens (primary N) is 1. The number of amides is 1. The van der Waals surface area contributed by atoms with Crippen molar-refractivity contribution in [1.82, 2.24) is 15.3 Å². The molecule has 0 aliphatic heterocycles. The van der Waals surface area contributed by atoms with E-state index in [1.165, 1.54) is 0 Å². The van der Waals surface area contributed by atoms with Crippen molar-refractivity contribution in [2.24, 2.45) is 5.73 Å². The lowest BCUT2D eigenvalue weighted by atomic mass is 10.2. The van der Waals surface area contributed by atoms with E-state index >= 15 is 0 Å². The summed E-state index contributed by atoms with van der Waals surface area (Å²) in [7, 11) is 0. The minimum absolute atomic E-state index is 0.214. The molecule has 100 valence electrons. The van der Waals surface area contributed by atoms with Gasteiger partial charge in [0.05, 0.1) is 5.69 Å². The summed E-state index contributed by atoms with van der Waals surface area (Å²) in [6.45, 7) is 5.77. The standard InChI is InChI=1S/C12H20N4O2/c1-12(2,3)18-11(17)16-7-9(13)6-10-8-14-4-5-15-10/h4-5,8-9H,6-7,13H2,1-3H3,(H,16,17). The molecule has 1 aromatic rings. The average Bonchev–Trinajstić information content (AvgIpc) is 2.25. The van der Waals surface area contributed by atoms with E-state index in [1.807, 2.05) is 20.8 Å². The number of alkyl carbamates (subject to hydrolysis) is 1. The fraction of sp³-hybridized carbons (Fsp3) is 0.583. The van der Waals surface area contributed by atoms with Gasteiger partial charge >= 0.3 is 6.09 Å². The highest BCUT2D eigenvalue weighted by molar-refractivity contribution is 5.67. The van der Waals surface area contributed by atoms with Crippen LogP contribution in [0.5, 0.6) is 0 Å². The Morgan fingerprint density at radius 1 is 1.50 bits per heavy atom. The maximum Gasteiger partial charge on any atom is 0.407 e. The number of nitrogens with zero attached hydrogens (tertiary/aromatic N) is 2. The van der Waals surface area contributed by atoms with Crippen LogP contribution in [0.25, 0.3) is 0 Å². The van der Waals surface area contributed by atoms with E-state index in [1.54, 1.807) is 18.6 Å². The van der Waals surface area contributed by atoms with Crippen LogP contribution in [0, 0.1) is 0 Å². The molecule has 6 heteroatoms. The van der Waals surface area contributed by atoms with Gasteiger partial charge in [0, 0.05) is 37.6 Å². The molecule has 0 aromatic carbocycles. The molecule has 1 heterocycles. The van der Waals surface area contributed by atoms with Gasteiger partial charge in [-0.05, 0) is 20.8 Å². The summed E-state index contributed by atoms with van der Waals surface area (Å²) in [6, 6.07) is -0.214. The van der Waals surface area contributed by atoms with Gasteiger partial charge in [0.2, 0.25) is 0 Å². The Morgan fingerprint density at radius 2 is 2.22 bits per heavy atom. The molecular formula is C12H20N4O2. The quantitative estimate of drug-likeness (QED) is 0.830. The number of hydrogen-bond donors (Lipinski definition) is 2. The number of hydrogen-bond acceptors (Lipinski definition) is 5. The van der Waals surface area contributed by atoms with E-state index in [2.05, 4.69) is 15.3 Å². The Balaban J connectivity index is 2.29. The maximum absolute atomic E-state index is 11.4. The molecule has 0 aliphatic rings. The first-order valence-electron chi connectivity index (χ1n) is 5.84. The monoisotopic (exact) mass is 252 g/mol. The molecule has 1 rings (SSSR count). The third-order valence-electron chi connectivity index (χ3n) is 2.00. The summed E-state index contributed by atoms with van der Waals surface area (Å²) in [6.07, 6.45) is 4.98. The third-order valence-corrected chi connectivity index (χ3v) is 2.00. The maximum atomic E-state index is 11.4. The molecule has 0 spiro atoms. The second-order valence-electron chi connectivity index (χ2n) is 5.04. The van der Waals surface area contributed by atoms with Crippen LogP contribution in [0.4, 0.5) is 4.79 Å². The minimum Gasteiger partial charge on any atom is -0.444 e. The van der Waals surface area contributed by atoms with Crippen molar-refractivity contribution in [2.45, 2.75) is 38.8 Å². The van der Waals surface area contributed by atoms with Crippen molar-refractivity contribution in [3.8, 4) is 0 Å². The van der Waals surface area contributed by atoms with Gasteiger partial charge in [-0.1, -0.05) is 0 Å². The van der Waals surface area contributed by atoms with E-state index < -0.39 is 11.7 Å². The van der Waals surface area contributed by atoms with E-state index in [9.17, 15) is 4.79 Å². The van der Waals surface area contributed by atoms with Gasteiger partial charge in [0.1, 0.15) is 5.60 Å². The van der Waals surface area contributed by atoms with Crippen LogP contribution in [-0.2, 0) is 11.2 Å². The number of nitrogens with one attached hydrogen (secondary N) is 1. The predicted octanol–water partition coefficient (Wildman–Crippen LogP) is 0.871. The summed E-state index contributed by atoms with van der Waals surface area (Å²) < 4.78 is 5.10. The van der Waals surface area contributed by atoms with Gasteiger partial charge in [0.25, 0.3) is 0 Å². The summed E-state index contributed by atoms with van der Waals surface area (Å²) >= 11 is 0. The highest BCUT2D eigenvalue weighted by atomic mass is 16.6. The van der Waals surface area contributed by atoms with E-state index in [4.69, 9.17) is 10.5 Å². The van der Waals surface area contributed by atoms with Crippen LogP contribution in [0.15, 0.2) is 18.6 Å². The first-order chi connectivity index (χ1) is 8.37. The molecule has 0 saturated heterocycles. The molecular weight excluding hydrogens is 232 g/mol. The smallest absolute Gasteiger partial charge is 0.407 e. The largest absolute Gasteiger partial charge is 0.444 e. The zero-order chi connectivity index (χ0) is 13.6. The van der Waals surface area contributed by atoms with Crippen LogP contribution in [0.3, 0.4) is 0 Å². The number of rotatable bonds is 4. The summed E-state index contributed by atoms with van der Waals surface area (Å²) in [5.41, 5.74) is 6.18. The molecule has 0 aliphatic carbocycles. The van der Waals surface area contributed by atoms with Gasteiger partial charge in [-0.2, -0.15) is 0 Å². The van der Waals surface area contributed by atoms with Gasteiger partial charge in [-0.3, -0.25) is 9.97 Å². The lowest BCUT2D eigenvalue weighted by molar-refractivity contribution is 0.0524. The summed E-state index contributed by atoms with van der Waals surface area (Å²) in [5, 5.41) is 2.62. The van der Waals surface area contributed by atoms with Gasteiger partial charge < -0.3 is 15.8 Å². The Bertz CT molecular complexity index is 375. The third kappa shape index (κ3) is 6.15. The predicted molar refractivity (Wildman–Crippen MR) is 67.9 cm³/mol. The first kappa shape index (κ1) is 14.4. The SMILES string of the molecule is CC(C)(C)OC(=O)NCC(N)Cc1cnccn1. The number of aromatic nitrogens is 2. The van der Waals surface area contributed by atoms with Crippen LogP contribution in [0.2, 0.25) is 0 Å². The van der Waals surface area contributed by atoms with Gasteiger partial charge in [-0.15, -0.1) is 0 Å². The van der Waals surface area contributed by atoms with Crippen molar-refractivity contribution in [3.05, 3.63) is 24.3 Å². The van der Waals surface area contributed by atoms with E-state index in [-0.39, 0.29) is 6.04 Å². The summed E-state index contributed by atoms with van der Waals surface area (Å²) in [5.74, 6) is 0. The van der Waals surface area contributed by atoms with Gasteiger partial charge in [-0.25, -0.2) is 4.79 Å². The second kappa shape index (κ2) is 6.30. The molecule has 1 unspecified atom stereocenters. The molecule has 3 N–H and O–H groups in total. The van der Waals surface area contributed by atoms with Gasteiger partial charge in [0.15, 0.2) is 0 Å². The molecule has 1 atom stereocenters. The lowest BCUT2D eigenvalue weighted by Crippen LogP contribution is -2.41. The normalized spacial score (nSPS) is 12.9. The summed E-state index contributed by atoms with van der Waals surface area (Å²) in [4.78, 5) is 19.5. The topological polar surface area (TPSA) is 90.1 Å². The van der Waals surface area contributed by atoms with E-state index in [0.29, 0.717) is 13.0 Å². The molecule has 6 nitrogen and oxygen atoms in total. The van der Waals surface area contributed by atoms with Crippen LogP contribution in [-0.4, -0.2) is 34.2 Å². The minimum atomic E-state index is -0.501. The fourth-order valence-electron chi connectivity index (χ4n) is 1.30. The van der Waals surface area contributed by atoms with Crippen molar-refractivity contribution < 1.29 is 9.53 Å². The Morgan fingerprint density at radius 3 is 2.78 bits per heavy atom. The zero-order valence-electron chi connectivity index (χ0n) is 11.0. The number of ether oxygens (including phenoxy) is 1. The molecule has 0 saturated carbocycles. The zero-order valence-corrected chi connectivity index (χ0v) is 11.0. The molecule has 1 aromatic heterocycles.